The zero-order chi connectivity index (χ0) is 27.3. The van der Waals surface area contributed by atoms with Crippen molar-refractivity contribution in [3.8, 4) is 0 Å². The van der Waals surface area contributed by atoms with Gasteiger partial charge in [0.25, 0.3) is 0 Å². The zero-order valence-corrected chi connectivity index (χ0v) is 22.3. The maximum absolute atomic E-state index is 14.4. The molecule has 0 aliphatic carbocycles. The molecule has 1 spiro atoms. The number of carbonyl (C=O) groups excluding carboxylic acids is 3. The quantitative estimate of drug-likeness (QED) is 0.228. The number of benzene rings is 1. The van der Waals surface area contributed by atoms with Crippen molar-refractivity contribution in [1.82, 2.24) is 9.80 Å². The van der Waals surface area contributed by atoms with Gasteiger partial charge in [0, 0.05) is 26.2 Å². The Morgan fingerprint density at radius 2 is 1.95 bits per heavy atom. The standard InChI is InChI=1S/C30H40N2O6/c1-4-17-31(21-22-13-9-7-10-14-22)27(35)25-30-16-15-29(6-3,38-30)24(28(36)37-20-5-2)23(30)26(34)32(25)18-11-8-12-19-33/h4-5,7,9-10,13-14,23-25,33H,1-2,6,8,11-12,15-21H2,3H3/t23-,24+,25?,29-,30?/m0/s1. The SMILES string of the molecule is C=CCOC(=O)[C@H]1[C@H]2C(=O)N(CCCCCO)C(C(=O)N(CC=C)Cc3ccccc3)C23CC[C@]1(CC)O3. The molecule has 1 aromatic carbocycles. The van der Waals surface area contributed by atoms with Crippen molar-refractivity contribution in [3.63, 3.8) is 0 Å². The molecule has 8 heteroatoms. The number of amides is 2. The third-order valence-corrected chi connectivity index (χ3v) is 8.45. The molecule has 4 rings (SSSR count). The van der Waals surface area contributed by atoms with Gasteiger partial charge in [0.2, 0.25) is 11.8 Å². The fourth-order valence-corrected chi connectivity index (χ4v) is 6.76. The molecule has 2 bridgehead atoms. The lowest BCUT2D eigenvalue weighted by Gasteiger charge is -2.37. The summed E-state index contributed by atoms with van der Waals surface area (Å²) in [5, 5.41) is 9.23. The first kappa shape index (κ1) is 28.0. The predicted octanol–water partition coefficient (Wildman–Crippen LogP) is 3.25. The van der Waals surface area contributed by atoms with Crippen molar-refractivity contribution in [2.24, 2.45) is 11.8 Å². The van der Waals surface area contributed by atoms with E-state index in [4.69, 9.17) is 9.47 Å². The van der Waals surface area contributed by atoms with E-state index in [0.29, 0.717) is 51.7 Å². The molecular weight excluding hydrogens is 484 g/mol. The fourth-order valence-electron chi connectivity index (χ4n) is 6.76. The monoisotopic (exact) mass is 524 g/mol. The van der Waals surface area contributed by atoms with Crippen molar-refractivity contribution < 1.29 is 29.0 Å². The van der Waals surface area contributed by atoms with E-state index in [2.05, 4.69) is 13.2 Å². The maximum atomic E-state index is 14.4. The first-order chi connectivity index (χ1) is 18.4. The predicted molar refractivity (Wildman–Crippen MR) is 143 cm³/mol. The maximum Gasteiger partial charge on any atom is 0.313 e. The van der Waals surface area contributed by atoms with Crippen LogP contribution < -0.4 is 0 Å². The zero-order valence-electron chi connectivity index (χ0n) is 22.3. The average Bonchev–Trinajstić information content (AvgIpc) is 3.53. The van der Waals surface area contributed by atoms with Crippen LogP contribution in [0.1, 0.15) is 51.0 Å². The third kappa shape index (κ3) is 4.80. The van der Waals surface area contributed by atoms with Crippen molar-refractivity contribution >= 4 is 17.8 Å². The number of aliphatic hydroxyl groups excluding tert-OH is 1. The molecule has 3 aliphatic rings. The van der Waals surface area contributed by atoms with Gasteiger partial charge in [-0.3, -0.25) is 14.4 Å². The second kappa shape index (κ2) is 11.8. The highest BCUT2D eigenvalue weighted by Gasteiger charge is 2.79. The van der Waals surface area contributed by atoms with Gasteiger partial charge in [-0.1, -0.05) is 56.0 Å². The lowest BCUT2D eigenvalue weighted by Crippen LogP contribution is -2.56. The van der Waals surface area contributed by atoms with Crippen LogP contribution in [0.4, 0.5) is 0 Å². The van der Waals surface area contributed by atoms with Gasteiger partial charge in [0.1, 0.15) is 24.2 Å². The number of nitrogens with zero attached hydrogens (tertiary/aromatic N) is 2. The molecule has 0 aromatic heterocycles. The van der Waals surface area contributed by atoms with Gasteiger partial charge in [-0.15, -0.1) is 6.58 Å². The van der Waals surface area contributed by atoms with E-state index in [1.54, 1.807) is 15.9 Å². The van der Waals surface area contributed by atoms with Gasteiger partial charge in [-0.2, -0.15) is 0 Å². The summed E-state index contributed by atoms with van der Waals surface area (Å²) in [4.78, 5) is 45.2. The Bertz CT molecular complexity index is 1040. The minimum absolute atomic E-state index is 0.0560. The molecule has 1 aromatic rings. The van der Waals surface area contributed by atoms with E-state index in [1.807, 2.05) is 37.3 Å². The Balaban J connectivity index is 1.72. The minimum Gasteiger partial charge on any atom is -0.461 e. The molecule has 2 amide bonds. The molecule has 0 radical (unpaired) electrons. The summed E-state index contributed by atoms with van der Waals surface area (Å²) in [6.45, 7) is 10.6. The smallest absolute Gasteiger partial charge is 0.313 e. The van der Waals surface area contributed by atoms with Crippen LogP contribution in [0.2, 0.25) is 0 Å². The summed E-state index contributed by atoms with van der Waals surface area (Å²) >= 11 is 0. The number of hydrogen-bond acceptors (Lipinski definition) is 6. The second-order valence-corrected chi connectivity index (χ2v) is 10.6. The Morgan fingerprint density at radius 3 is 2.61 bits per heavy atom. The number of aliphatic hydroxyl groups is 1. The second-order valence-electron chi connectivity index (χ2n) is 10.6. The Hall–Kier alpha value is -2.97. The van der Waals surface area contributed by atoms with Crippen LogP contribution >= 0.6 is 0 Å². The van der Waals surface area contributed by atoms with Crippen LogP contribution in [-0.4, -0.2) is 76.2 Å². The highest BCUT2D eigenvalue weighted by Crippen LogP contribution is 2.64. The summed E-state index contributed by atoms with van der Waals surface area (Å²) in [6, 6.07) is 8.87. The summed E-state index contributed by atoms with van der Waals surface area (Å²) in [5.41, 5.74) is -0.944. The molecule has 3 saturated heterocycles. The summed E-state index contributed by atoms with van der Waals surface area (Å²) in [5.74, 6) is -2.43. The van der Waals surface area contributed by atoms with Gasteiger partial charge in [-0.25, -0.2) is 0 Å². The number of likely N-dealkylation sites (tertiary alicyclic amines) is 1. The number of fused-ring (bicyclic) bond motifs is 1. The van der Waals surface area contributed by atoms with E-state index in [-0.39, 0.29) is 25.0 Å². The van der Waals surface area contributed by atoms with Gasteiger partial charge >= 0.3 is 5.97 Å². The number of unbranched alkanes of at least 4 members (excludes halogenated alkanes) is 2. The van der Waals surface area contributed by atoms with Gasteiger partial charge in [0.05, 0.1) is 11.5 Å². The average molecular weight is 525 g/mol. The molecule has 3 aliphatic heterocycles. The molecule has 5 atom stereocenters. The summed E-state index contributed by atoms with van der Waals surface area (Å²) in [6.07, 6.45) is 6.85. The molecule has 206 valence electrons. The first-order valence-corrected chi connectivity index (χ1v) is 13.7. The van der Waals surface area contributed by atoms with E-state index >= 15 is 0 Å². The molecule has 3 fully saturated rings. The molecular formula is C30H40N2O6. The summed E-state index contributed by atoms with van der Waals surface area (Å²) in [7, 11) is 0. The summed E-state index contributed by atoms with van der Waals surface area (Å²) < 4.78 is 12.2. The van der Waals surface area contributed by atoms with E-state index < -0.39 is 35.0 Å². The number of hydrogen-bond donors (Lipinski definition) is 1. The minimum atomic E-state index is -1.09. The Morgan fingerprint density at radius 1 is 1.18 bits per heavy atom. The van der Waals surface area contributed by atoms with Crippen LogP contribution in [0, 0.1) is 11.8 Å². The highest BCUT2D eigenvalue weighted by molar-refractivity contribution is 5.98. The molecule has 2 unspecified atom stereocenters. The normalized spacial score (nSPS) is 29.3. The van der Waals surface area contributed by atoms with Crippen molar-refractivity contribution in [3.05, 3.63) is 61.2 Å². The van der Waals surface area contributed by atoms with Crippen LogP contribution in [0.25, 0.3) is 0 Å². The van der Waals surface area contributed by atoms with E-state index in [0.717, 1.165) is 12.0 Å². The largest absolute Gasteiger partial charge is 0.461 e. The van der Waals surface area contributed by atoms with Crippen LogP contribution in [-0.2, 0) is 30.4 Å². The van der Waals surface area contributed by atoms with Crippen molar-refractivity contribution in [2.45, 2.75) is 69.2 Å². The lowest BCUT2D eigenvalue weighted by atomic mass is 9.65. The van der Waals surface area contributed by atoms with Crippen LogP contribution in [0.3, 0.4) is 0 Å². The highest BCUT2D eigenvalue weighted by atomic mass is 16.6. The fraction of sp³-hybridized carbons (Fsp3) is 0.567. The first-order valence-electron chi connectivity index (χ1n) is 13.7. The van der Waals surface area contributed by atoms with Gasteiger partial charge in [0.15, 0.2) is 0 Å². The number of rotatable bonds is 14. The van der Waals surface area contributed by atoms with Crippen LogP contribution in [0.5, 0.6) is 0 Å². The third-order valence-electron chi connectivity index (χ3n) is 8.45. The van der Waals surface area contributed by atoms with Crippen molar-refractivity contribution in [1.29, 1.82) is 0 Å². The van der Waals surface area contributed by atoms with E-state index in [1.165, 1.54) is 6.08 Å². The number of ether oxygens (including phenoxy) is 2. The molecule has 8 nitrogen and oxygen atoms in total. The van der Waals surface area contributed by atoms with E-state index in [9.17, 15) is 19.5 Å². The Kier molecular flexibility index (Phi) is 8.73. The van der Waals surface area contributed by atoms with Gasteiger partial charge < -0.3 is 24.4 Å². The number of esters is 1. The topological polar surface area (TPSA) is 96.4 Å². The van der Waals surface area contributed by atoms with Gasteiger partial charge in [-0.05, 0) is 44.1 Å². The molecule has 0 saturated carbocycles. The molecule has 3 heterocycles. The molecule has 1 N–H and O–H groups in total. The van der Waals surface area contributed by atoms with Crippen LogP contribution in [0.15, 0.2) is 55.6 Å². The lowest BCUT2D eigenvalue weighted by molar-refractivity contribution is -0.161. The number of carbonyl (C=O) groups is 3. The van der Waals surface area contributed by atoms with Crippen molar-refractivity contribution in [2.75, 3.05) is 26.3 Å². The Labute approximate surface area is 225 Å². The molecule has 38 heavy (non-hydrogen) atoms.